The third-order valence-electron chi connectivity index (χ3n) is 3.64. The smallest absolute Gasteiger partial charge is 0.265 e. The molecule has 1 aliphatic carbocycles. The first-order valence-electron chi connectivity index (χ1n) is 6.53. The van der Waals surface area contributed by atoms with E-state index in [1.807, 2.05) is 10.3 Å². The molecule has 5 heteroatoms. The van der Waals surface area contributed by atoms with E-state index in [1.165, 1.54) is 24.2 Å². The summed E-state index contributed by atoms with van der Waals surface area (Å²) in [4.78, 5) is 15.2. The number of hydrogen-bond acceptors (Lipinski definition) is 3. The standard InChI is InChI=1S/C13H17ClN2OS/c14-11-5-7-18-12(11)13(17)16(10-3-4-10)8-9-2-1-6-15-9/h5,7,9-10,15H,1-4,6,8H2. The highest BCUT2D eigenvalue weighted by molar-refractivity contribution is 7.12. The molecule has 3 rings (SSSR count). The Kier molecular flexibility index (Phi) is 3.59. The number of hydrogen-bond donors (Lipinski definition) is 1. The molecule has 18 heavy (non-hydrogen) atoms. The largest absolute Gasteiger partial charge is 0.333 e. The molecule has 1 amide bonds. The van der Waals surface area contributed by atoms with Crippen molar-refractivity contribution in [3.05, 3.63) is 21.3 Å². The van der Waals surface area contributed by atoms with Crippen molar-refractivity contribution in [1.29, 1.82) is 0 Å². The lowest BCUT2D eigenvalue weighted by Crippen LogP contribution is -2.42. The van der Waals surface area contributed by atoms with E-state index in [0.717, 1.165) is 25.9 Å². The van der Waals surface area contributed by atoms with E-state index in [0.29, 0.717) is 22.0 Å². The fraction of sp³-hybridized carbons (Fsp3) is 0.615. The van der Waals surface area contributed by atoms with E-state index >= 15 is 0 Å². The number of rotatable bonds is 4. The van der Waals surface area contributed by atoms with Crippen LogP contribution in [0.15, 0.2) is 11.4 Å². The Balaban J connectivity index is 1.73. The third kappa shape index (κ3) is 2.56. The Bertz CT molecular complexity index is 438. The molecule has 0 aromatic carbocycles. The summed E-state index contributed by atoms with van der Waals surface area (Å²) < 4.78 is 0. The monoisotopic (exact) mass is 284 g/mol. The van der Waals surface area contributed by atoms with Gasteiger partial charge in [-0.15, -0.1) is 11.3 Å². The van der Waals surface area contributed by atoms with Gasteiger partial charge >= 0.3 is 0 Å². The fourth-order valence-corrected chi connectivity index (χ4v) is 3.60. The summed E-state index contributed by atoms with van der Waals surface area (Å²) in [5.41, 5.74) is 0. The number of carbonyl (C=O) groups is 1. The third-order valence-corrected chi connectivity index (χ3v) is 4.97. The molecule has 2 heterocycles. The van der Waals surface area contributed by atoms with Crippen LogP contribution in [-0.4, -0.2) is 36.0 Å². The first-order valence-corrected chi connectivity index (χ1v) is 7.79. The van der Waals surface area contributed by atoms with Crippen LogP contribution in [0, 0.1) is 0 Å². The predicted octanol–water partition coefficient (Wildman–Crippen LogP) is 2.76. The maximum Gasteiger partial charge on any atom is 0.265 e. The molecule has 3 nitrogen and oxygen atoms in total. The minimum atomic E-state index is 0.117. The topological polar surface area (TPSA) is 32.3 Å². The minimum Gasteiger partial charge on any atom is -0.333 e. The number of thiophene rings is 1. The molecule has 1 atom stereocenters. The molecule has 2 fully saturated rings. The molecule has 0 radical (unpaired) electrons. The zero-order valence-electron chi connectivity index (χ0n) is 10.2. The molecular weight excluding hydrogens is 268 g/mol. The highest BCUT2D eigenvalue weighted by Gasteiger charge is 2.35. The van der Waals surface area contributed by atoms with E-state index in [2.05, 4.69) is 5.32 Å². The van der Waals surface area contributed by atoms with E-state index in [9.17, 15) is 4.79 Å². The molecule has 1 aromatic heterocycles. The fourth-order valence-electron chi connectivity index (χ4n) is 2.51. The van der Waals surface area contributed by atoms with Gasteiger partial charge in [-0.05, 0) is 43.7 Å². The van der Waals surface area contributed by atoms with E-state index in [1.54, 1.807) is 6.07 Å². The number of carbonyl (C=O) groups excluding carboxylic acids is 1. The number of amides is 1. The molecule has 0 spiro atoms. The van der Waals surface area contributed by atoms with Gasteiger partial charge in [-0.2, -0.15) is 0 Å². The lowest BCUT2D eigenvalue weighted by Gasteiger charge is -2.25. The van der Waals surface area contributed by atoms with Gasteiger partial charge < -0.3 is 10.2 Å². The molecule has 1 saturated carbocycles. The zero-order chi connectivity index (χ0) is 12.5. The number of halogens is 1. The Morgan fingerprint density at radius 3 is 2.89 bits per heavy atom. The zero-order valence-corrected chi connectivity index (χ0v) is 11.8. The van der Waals surface area contributed by atoms with Crippen LogP contribution < -0.4 is 5.32 Å². The van der Waals surface area contributed by atoms with Crippen molar-refractivity contribution < 1.29 is 4.79 Å². The van der Waals surface area contributed by atoms with Crippen LogP contribution in [0.4, 0.5) is 0 Å². The van der Waals surface area contributed by atoms with Crippen molar-refractivity contribution in [2.24, 2.45) is 0 Å². The molecule has 1 aliphatic heterocycles. The highest BCUT2D eigenvalue weighted by atomic mass is 35.5. The van der Waals surface area contributed by atoms with Gasteiger partial charge in [-0.25, -0.2) is 0 Å². The average molecular weight is 285 g/mol. The second-order valence-corrected chi connectivity index (χ2v) is 6.40. The van der Waals surface area contributed by atoms with Crippen LogP contribution in [0.1, 0.15) is 35.4 Å². The van der Waals surface area contributed by atoms with E-state index in [4.69, 9.17) is 11.6 Å². The quantitative estimate of drug-likeness (QED) is 0.922. The van der Waals surface area contributed by atoms with E-state index < -0.39 is 0 Å². The molecule has 1 aromatic rings. The van der Waals surface area contributed by atoms with Crippen molar-refractivity contribution >= 4 is 28.8 Å². The molecule has 1 unspecified atom stereocenters. The Morgan fingerprint density at radius 2 is 2.33 bits per heavy atom. The van der Waals surface area contributed by atoms with Gasteiger partial charge in [0.25, 0.3) is 5.91 Å². The lowest BCUT2D eigenvalue weighted by molar-refractivity contribution is 0.0733. The van der Waals surface area contributed by atoms with Crippen molar-refractivity contribution in [2.45, 2.75) is 37.8 Å². The summed E-state index contributed by atoms with van der Waals surface area (Å²) in [7, 11) is 0. The normalized spacial score (nSPS) is 23.3. The van der Waals surface area contributed by atoms with Crippen molar-refractivity contribution in [3.8, 4) is 0 Å². The molecule has 0 bridgehead atoms. The van der Waals surface area contributed by atoms with Crippen LogP contribution in [0.25, 0.3) is 0 Å². The average Bonchev–Trinajstić information content (AvgIpc) is 2.89. The maximum absolute atomic E-state index is 12.5. The number of nitrogens with one attached hydrogen (secondary N) is 1. The number of nitrogens with zero attached hydrogens (tertiary/aromatic N) is 1. The second-order valence-electron chi connectivity index (χ2n) is 5.08. The van der Waals surface area contributed by atoms with Gasteiger partial charge in [0, 0.05) is 18.6 Å². The first-order chi connectivity index (χ1) is 8.75. The van der Waals surface area contributed by atoms with Gasteiger partial charge in [-0.3, -0.25) is 4.79 Å². The Labute approximate surface area is 116 Å². The van der Waals surface area contributed by atoms with Crippen molar-refractivity contribution in [2.75, 3.05) is 13.1 Å². The minimum absolute atomic E-state index is 0.117. The van der Waals surface area contributed by atoms with Gasteiger partial charge in [0.15, 0.2) is 0 Å². The first kappa shape index (κ1) is 12.5. The molecule has 98 valence electrons. The molecule has 1 N–H and O–H groups in total. The van der Waals surface area contributed by atoms with Crippen LogP contribution >= 0.6 is 22.9 Å². The summed E-state index contributed by atoms with van der Waals surface area (Å²) in [6.45, 7) is 1.91. The molecule has 2 aliphatic rings. The van der Waals surface area contributed by atoms with Gasteiger partial charge in [0.1, 0.15) is 4.88 Å². The SMILES string of the molecule is O=C(c1sccc1Cl)N(CC1CCCN1)C1CC1. The van der Waals surface area contributed by atoms with Crippen LogP contribution in [0.2, 0.25) is 5.02 Å². The van der Waals surface area contributed by atoms with Crippen LogP contribution in [-0.2, 0) is 0 Å². The summed E-state index contributed by atoms with van der Waals surface area (Å²) in [5, 5.41) is 5.94. The maximum atomic E-state index is 12.5. The summed E-state index contributed by atoms with van der Waals surface area (Å²) in [6, 6.07) is 2.71. The second kappa shape index (κ2) is 5.19. The molecular formula is C13H17ClN2OS. The Morgan fingerprint density at radius 1 is 1.50 bits per heavy atom. The summed E-state index contributed by atoms with van der Waals surface area (Å²) in [5.74, 6) is 0.117. The van der Waals surface area contributed by atoms with Crippen molar-refractivity contribution in [1.82, 2.24) is 10.2 Å². The lowest BCUT2D eigenvalue weighted by atomic mass is 10.2. The van der Waals surface area contributed by atoms with Gasteiger partial charge in [0.05, 0.1) is 5.02 Å². The van der Waals surface area contributed by atoms with E-state index in [-0.39, 0.29) is 5.91 Å². The van der Waals surface area contributed by atoms with Gasteiger partial charge in [0.2, 0.25) is 0 Å². The molecule has 1 saturated heterocycles. The summed E-state index contributed by atoms with van der Waals surface area (Å²) >= 11 is 7.51. The van der Waals surface area contributed by atoms with Crippen LogP contribution in [0.3, 0.4) is 0 Å². The Hall–Kier alpha value is -0.580. The highest BCUT2D eigenvalue weighted by Crippen LogP contribution is 2.32. The summed E-state index contributed by atoms with van der Waals surface area (Å²) in [6.07, 6.45) is 4.68. The van der Waals surface area contributed by atoms with Gasteiger partial charge in [-0.1, -0.05) is 11.6 Å². The predicted molar refractivity (Wildman–Crippen MR) is 74.4 cm³/mol. The van der Waals surface area contributed by atoms with Crippen LogP contribution in [0.5, 0.6) is 0 Å². The van der Waals surface area contributed by atoms with Crippen molar-refractivity contribution in [3.63, 3.8) is 0 Å².